The zero-order valence-corrected chi connectivity index (χ0v) is 16.0. The number of hydrogen-bond acceptors (Lipinski definition) is 4. The van der Waals surface area contributed by atoms with Crippen LogP contribution in [-0.4, -0.2) is 26.5 Å². The lowest BCUT2D eigenvalue weighted by Gasteiger charge is -2.24. The van der Waals surface area contributed by atoms with E-state index in [-0.39, 0.29) is 5.39 Å². The van der Waals surface area contributed by atoms with E-state index in [4.69, 9.17) is 0 Å². The minimum atomic E-state index is -1.31. The number of nitrogens with one attached hydrogen (secondary N) is 2. The highest BCUT2D eigenvalue weighted by Crippen LogP contribution is 2.19. The summed E-state index contributed by atoms with van der Waals surface area (Å²) in [5.41, 5.74) is -0.580. The van der Waals surface area contributed by atoms with Crippen molar-refractivity contribution < 1.29 is 14.7 Å². The predicted octanol–water partition coefficient (Wildman–Crippen LogP) is 1.83. The molecule has 0 radical (unpaired) electrons. The van der Waals surface area contributed by atoms with Gasteiger partial charge >= 0.3 is 11.7 Å². The number of carbonyl (C=O) groups is 2. The molecule has 8 nitrogen and oxygen atoms in total. The number of carbonyl (C=O) groups excluding carboxylic acids is 1. The topological polar surface area (TPSA) is 121 Å². The molecule has 1 heterocycles. The molecule has 0 aliphatic heterocycles. The average molecular weight is 395 g/mol. The van der Waals surface area contributed by atoms with E-state index < -0.39 is 41.1 Å². The molecule has 3 N–H and O–H groups in total. The van der Waals surface area contributed by atoms with Gasteiger partial charge in [-0.2, -0.15) is 0 Å². The number of nitrogens with zero attached hydrogens (tertiary/aromatic N) is 1. The van der Waals surface area contributed by atoms with Gasteiger partial charge in [0.2, 0.25) is 5.91 Å². The molecular formula is C21H21N3O5. The smallest absolute Gasteiger partial charge is 0.330 e. The quantitative estimate of drug-likeness (QED) is 0.588. The van der Waals surface area contributed by atoms with Gasteiger partial charge in [-0.3, -0.25) is 9.59 Å². The van der Waals surface area contributed by atoms with E-state index in [1.54, 1.807) is 68.4 Å². The molecule has 1 amide bonds. The molecule has 0 spiro atoms. The predicted molar refractivity (Wildman–Crippen MR) is 108 cm³/mol. The monoisotopic (exact) mass is 395 g/mol. The maximum Gasteiger partial charge on any atom is 0.330 e. The number of benzene rings is 2. The van der Waals surface area contributed by atoms with Gasteiger partial charge in [-0.15, -0.1) is 0 Å². The fourth-order valence-corrected chi connectivity index (χ4v) is 3.31. The normalized spacial score (nSPS) is 13.2. The van der Waals surface area contributed by atoms with Gasteiger partial charge < -0.3 is 15.4 Å². The van der Waals surface area contributed by atoms with E-state index in [0.29, 0.717) is 11.1 Å². The Balaban J connectivity index is 2.06. The van der Waals surface area contributed by atoms with Gasteiger partial charge in [0.25, 0.3) is 5.56 Å². The second-order valence-corrected chi connectivity index (χ2v) is 7.03. The second kappa shape index (κ2) is 8.14. The molecule has 0 saturated heterocycles. The van der Waals surface area contributed by atoms with Crippen LogP contribution in [0.1, 0.15) is 31.5 Å². The van der Waals surface area contributed by atoms with Gasteiger partial charge in [0.1, 0.15) is 6.04 Å². The highest BCUT2D eigenvalue weighted by Gasteiger charge is 2.31. The molecule has 0 aliphatic rings. The number of para-hydroxylation sites is 1. The fraction of sp³-hybridized carbons (Fsp3) is 0.238. The number of amides is 1. The molecule has 0 aliphatic carbocycles. The van der Waals surface area contributed by atoms with Crippen molar-refractivity contribution in [3.8, 4) is 0 Å². The summed E-state index contributed by atoms with van der Waals surface area (Å²) in [5, 5.41) is 12.3. The summed E-state index contributed by atoms with van der Waals surface area (Å²) >= 11 is 0. The number of carboxylic acids is 1. The number of fused-ring (bicyclic) bond motifs is 1. The lowest BCUT2D eigenvalue weighted by molar-refractivity contribution is -0.142. The first-order chi connectivity index (χ1) is 13.8. The Kier molecular flexibility index (Phi) is 5.63. The number of aromatic amines is 1. The summed E-state index contributed by atoms with van der Waals surface area (Å²) in [6.45, 7) is 3.37. The molecule has 3 rings (SSSR count). The van der Waals surface area contributed by atoms with Gasteiger partial charge in [-0.1, -0.05) is 56.3 Å². The minimum Gasteiger partial charge on any atom is -0.479 e. The Morgan fingerprint density at radius 1 is 1.00 bits per heavy atom. The van der Waals surface area contributed by atoms with Crippen LogP contribution in [0, 0.1) is 5.92 Å². The van der Waals surface area contributed by atoms with Crippen LogP contribution in [0.4, 0.5) is 0 Å². The molecule has 150 valence electrons. The van der Waals surface area contributed by atoms with Crippen LogP contribution in [0.2, 0.25) is 0 Å². The average Bonchev–Trinajstić information content (AvgIpc) is 2.69. The standard InChI is InChI=1S/C21H21N3O5/c1-12(2)17(18(25)23-16(20(27)28)13-8-4-3-5-9-13)24-19(26)14-10-6-7-11-15(14)22-21(24)29/h3-12,16-17H,1-2H3,(H,22,29)(H,23,25)(H,27,28)/t16-,17-/m0/s1. The number of aromatic nitrogens is 2. The molecule has 29 heavy (non-hydrogen) atoms. The number of rotatable bonds is 6. The van der Waals surface area contributed by atoms with Gasteiger partial charge in [-0.25, -0.2) is 14.2 Å². The number of carboxylic acid groups (broad SMARTS) is 1. The van der Waals surface area contributed by atoms with Crippen molar-refractivity contribution in [2.75, 3.05) is 0 Å². The van der Waals surface area contributed by atoms with Gasteiger partial charge in [0.05, 0.1) is 10.9 Å². The number of H-pyrrole nitrogens is 1. The third kappa shape index (κ3) is 3.96. The van der Waals surface area contributed by atoms with Crippen molar-refractivity contribution >= 4 is 22.8 Å². The summed E-state index contributed by atoms with van der Waals surface area (Å²) in [7, 11) is 0. The maximum atomic E-state index is 13.0. The lowest BCUT2D eigenvalue weighted by atomic mass is 10.0. The molecule has 2 atom stereocenters. The minimum absolute atomic E-state index is 0.267. The zero-order valence-electron chi connectivity index (χ0n) is 16.0. The van der Waals surface area contributed by atoms with Crippen LogP contribution in [0.15, 0.2) is 64.2 Å². The molecule has 0 unspecified atom stereocenters. The Morgan fingerprint density at radius 3 is 2.24 bits per heavy atom. The zero-order chi connectivity index (χ0) is 21.1. The van der Waals surface area contributed by atoms with E-state index in [1.807, 2.05) is 0 Å². The number of aliphatic carboxylic acids is 1. The van der Waals surface area contributed by atoms with Crippen molar-refractivity contribution in [2.24, 2.45) is 5.92 Å². The van der Waals surface area contributed by atoms with E-state index in [1.165, 1.54) is 0 Å². The van der Waals surface area contributed by atoms with Gasteiger partial charge in [-0.05, 0) is 23.6 Å². The van der Waals surface area contributed by atoms with E-state index in [0.717, 1.165) is 4.57 Å². The molecule has 0 bridgehead atoms. The summed E-state index contributed by atoms with van der Waals surface area (Å²) in [6.07, 6.45) is 0. The summed E-state index contributed by atoms with van der Waals surface area (Å²) in [5.74, 6) is -2.41. The Hall–Kier alpha value is -3.68. The van der Waals surface area contributed by atoms with Crippen LogP contribution in [0.3, 0.4) is 0 Å². The first kappa shape index (κ1) is 20.1. The van der Waals surface area contributed by atoms with Crippen LogP contribution in [0.5, 0.6) is 0 Å². The SMILES string of the molecule is CC(C)[C@@H](C(=O)N[C@H](C(=O)O)c1ccccc1)n1c(=O)[nH]c2ccccc2c1=O. The van der Waals surface area contributed by atoms with Crippen molar-refractivity contribution in [1.29, 1.82) is 0 Å². The Labute approximate surface area is 165 Å². The third-order valence-electron chi connectivity index (χ3n) is 4.68. The van der Waals surface area contributed by atoms with Gasteiger partial charge in [0.15, 0.2) is 6.04 Å². The maximum absolute atomic E-state index is 13.0. The highest BCUT2D eigenvalue weighted by atomic mass is 16.4. The lowest BCUT2D eigenvalue weighted by Crippen LogP contribution is -2.48. The molecule has 1 aromatic heterocycles. The van der Waals surface area contributed by atoms with Crippen molar-refractivity contribution in [3.63, 3.8) is 0 Å². The summed E-state index contributed by atoms with van der Waals surface area (Å²) in [6, 6.07) is 12.2. The van der Waals surface area contributed by atoms with Crippen molar-refractivity contribution in [3.05, 3.63) is 81.0 Å². The van der Waals surface area contributed by atoms with Crippen molar-refractivity contribution in [2.45, 2.75) is 25.9 Å². The molecule has 2 aromatic carbocycles. The van der Waals surface area contributed by atoms with Crippen LogP contribution < -0.4 is 16.6 Å². The van der Waals surface area contributed by atoms with Crippen LogP contribution in [0.25, 0.3) is 10.9 Å². The molecule has 0 fully saturated rings. The Morgan fingerprint density at radius 2 is 1.62 bits per heavy atom. The fourth-order valence-electron chi connectivity index (χ4n) is 3.31. The molecule has 8 heteroatoms. The highest BCUT2D eigenvalue weighted by molar-refractivity contribution is 5.87. The summed E-state index contributed by atoms with van der Waals surface area (Å²) in [4.78, 5) is 52.9. The van der Waals surface area contributed by atoms with Crippen LogP contribution >= 0.6 is 0 Å². The van der Waals surface area contributed by atoms with E-state index >= 15 is 0 Å². The summed E-state index contributed by atoms with van der Waals surface area (Å²) < 4.78 is 0.853. The third-order valence-corrected chi connectivity index (χ3v) is 4.68. The first-order valence-corrected chi connectivity index (χ1v) is 9.13. The largest absolute Gasteiger partial charge is 0.479 e. The van der Waals surface area contributed by atoms with Crippen molar-refractivity contribution in [1.82, 2.24) is 14.9 Å². The van der Waals surface area contributed by atoms with Gasteiger partial charge in [0, 0.05) is 0 Å². The molecule has 3 aromatic rings. The second-order valence-electron chi connectivity index (χ2n) is 7.03. The number of hydrogen-bond donors (Lipinski definition) is 3. The van der Waals surface area contributed by atoms with E-state index in [2.05, 4.69) is 10.3 Å². The molecule has 0 saturated carbocycles. The molecular weight excluding hydrogens is 374 g/mol. The van der Waals surface area contributed by atoms with E-state index in [9.17, 15) is 24.3 Å². The first-order valence-electron chi connectivity index (χ1n) is 9.13. The van der Waals surface area contributed by atoms with Crippen LogP contribution in [-0.2, 0) is 9.59 Å². The Bertz CT molecular complexity index is 1160.